The fourth-order valence-corrected chi connectivity index (χ4v) is 4.71. The molecule has 0 atom stereocenters. The van der Waals surface area contributed by atoms with Crippen molar-refractivity contribution in [1.82, 2.24) is 9.97 Å². The second-order valence-electron chi connectivity index (χ2n) is 8.33. The molecule has 2 N–H and O–H groups in total. The number of rotatable bonds is 11. The fraction of sp³-hybridized carbons (Fsp3) is 0.320. The summed E-state index contributed by atoms with van der Waals surface area (Å²) in [6.45, 7) is 4.46. The van der Waals surface area contributed by atoms with E-state index in [9.17, 15) is 26.4 Å². The highest BCUT2D eigenvalue weighted by Gasteiger charge is 2.35. The Balaban J connectivity index is 1.94. The molecule has 0 amide bonds. The van der Waals surface area contributed by atoms with Gasteiger partial charge in [-0.05, 0) is 49.6 Å². The molecule has 2 aromatic heterocycles. The monoisotopic (exact) mass is 536 g/mol. The van der Waals surface area contributed by atoms with Crippen molar-refractivity contribution in [2.24, 2.45) is 0 Å². The number of aryl methyl sites for hydroxylation is 1. The lowest BCUT2D eigenvalue weighted by Gasteiger charge is -2.23. The van der Waals surface area contributed by atoms with Gasteiger partial charge >= 0.3 is 12.1 Å². The Kier molecular flexibility index (Phi) is 8.74. The van der Waals surface area contributed by atoms with Gasteiger partial charge in [0.15, 0.2) is 5.03 Å². The van der Waals surface area contributed by atoms with Crippen molar-refractivity contribution in [2.75, 3.05) is 22.7 Å². The minimum atomic E-state index is -4.69. The summed E-state index contributed by atoms with van der Waals surface area (Å²) in [7, 11) is -4.30. The number of anilines is 2. The van der Waals surface area contributed by atoms with Gasteiger partial charge in [0.2, 0.25) is 0 Å². The number of hydrogen-bond donors (Lipinski definition) is 2. The molecule has 3 aromatic rings. The second kappa shape index (κ2) is 11.6. The molecule has 3 rings (SSSR count). The standard InChI is InChI=1S/C25H27F3N4O4S/c1-3-15-32(16-7-12-23(33)34)21-10-6-11-22(30-21)37(35,36)31-20-14-13-19(25(26,27)28)24(29-20)18-9-5-4-8-17(18)2/h4-6,8-11,13-14H,3,7,12,15-16H2,1-2H3,(H,29,31)(H,33,34). The molecule has 0 fully saturated rings. The third kappa shape index (κ3) is 7.19. The van der Waals surface area contributed by atoms with Crippen molar-refractivity contribution in [3.05, 3.63) is 65.7 Å². The number of carbonyl (C=O) groups is 1. The minimum Gasteiger partial charge on any atom is -0.481 e. The largest absolute Gasteiger partial charge is 0.481 e. The van der Waals surface area contributed by atoms with Crippen LogP contribution in [0.3, 0.4) is 0 Å². The van der Waals surface area contributed by atoms with E-state index < -0.39 is 27.7 Å². The maximum atomic E-state index is 13.7. The molecule has 12 heteroatoms. The predicted octanol–water partition coefficient (Wildman–Crippen LogP) is 5.35. The summed E-state index contributed by atoms with van der Waals surface area (Å²) in [4.78, 5) is 20.9. The average Bonchev–Trinajstić information content (AvgIpc) is 2.83. The zero-order valence-corrected chi connectivity index (χ0v) is 21.1. The zero-order chi connectivity index (χ0) is 27.2. The summed E-state index contributed by atoms with van der Waals surface area (Å²) in [5, 5.41) is 8.55. The molecule has 0 radical (unpaired) electrons. The molecule has 0 saturated carbocycles. The van der Waals surface area contributed by atoms with Gasteiger partial charge in [-0.3, -0.25) is 9.52 Å². The van der Waals surface area contributed by atoms with Gasteiger partial charge in [-0.25, -0.2) is 9.97 Å². The van der Waals surface area contributed by atoms with Crippen molar-refractivity contribution in [2.45, 2.75) is 44.3 Å². The Bertz CT molecular complexity index is 1360. The van der Waals surface area contributed by atoms with E-state index in [1.807, 2.05) is 6.92 Å². The van der Waals surface area contributed by atoms with E-state index in [4.69, 9.17) is 5.11 Å². The first-order valence-corrected chi connectivity index (χ1v) is 13.0. The molecule has 0 unspecified atom stereocenters. The Morgan fingerprint density at radius 3 is 2.41 bits per heavy atom. The average molecular weight is 537 g/mol. The first-order chi connectivity index (χ1) is 17.4. The molecule has 0 aliphatic heterocycles. The Morgan fingerprint density at radius 2 is 1.76 bits per heavy atom. The van der Waals surface area contributed by atoms with Crippen LogP contribution in [0.15, 0.2) is 59.6 Å². The van der Waals surface area contributed by atoms with Crippen molar-refractivity contribution in [3.8, 4) is 11.3 Å². The van der Waals surface area contributed by atoms with Crippen molar-refractivity contribution in [1.29, 1.82) is 0 Å². The van der Waals surface area contributed by atoms with Crippen LogP contribution < -0.4 is 9.62 Å². The Morgan fingerprint density at radius 1 is 1.03 bits per heavy atom. The number of benzene rings is 1. The van der Waals surface area contributed by atoms with E-state index in [0.717, 1.165) is 18.6 Å². The molecule has 2 heterocycles. The quantitative estimate of drug-likeness (QED) is 0.340. The topological polar surface area (TPSA) is 112 Å². The lowest BCUT2D eigenvalue weighted by molar-refractivity contribution is -0.138. The number of alkyl halides is 3. The van der Waals surface area contributed by atoms with Crippen LogP contribution >= 0.6 is 0 Å². The normalized spacial score (nSPS) is 11.8. The Labute approximate surface area is 213 Å². The molecule has 0 bridgehead atoms. The van der Waals surface area contributed by atoms with E-state index in [2.05, 4.69) is 14.7 Å². The minimum absolute atomic E-state index is 0.0391. The number of aromatic nitrogens is 2. The highest BCUT2D eigenvalue weighted by Crippen LogP contribution is 2.38. The third-order valence-electron chi connectivity index (χ3n) is 5.46. The summed E-state index contributed by atoms with van der Waals surface area (Å²) < 4.78 is 69.5. The highest BCUT2D eigenvalue weighted by molar-refractivity contribution is 7.92. The molecule has 8 nitrogen and oxygen atoms in total. The number of nitrogens with one attached hydrogen (secondary N) is 1. The molecular weight excluding hydrogens is 509 g/mol. The molecule has 1 aromatic carbocycles. The van der Waals surface area contributed by atoms with Gasteiger partial charge in [-0.15, -0.1) is 0 Å². The van der Waals surface area contributed by atoms with Gasteiger partial charge < -0.3 is 10.0 Å². The number of aliphatic carboxylic acids is 1. The van der Waals surface area contributed by atoms with E-state index in [1.54, 1.807) is 36.1 Å². The maximum Gasteiger partial charge on any atom is 0.418 e. The van der Waals surface area contributed by atoms with Crippen LogP contribution in [-0.2, 0) is 21.0 Å². The maximum absolute atomic E-state index is 13.7. The van der Waals surface area contributed by atoms with E-state index in [0.29, 0.717) is 30.9 Å². The first kappa shape index (κ1) is 27.9. The summed E-state index contributed by atoms with van der Waals surface area (Å²) in [5.74, 6) is -0.875. The zero-order valence-electron chi connectivity index (χ0n) is 20.3. The van der Waals surface area contributed by atoms with Gasteiger partial charge in [0.25, 0.3) is 10.0 Å². The first-order valence-electron chi connectivity index (χ1n) is 11.5. The summed E-state index contributed by atoms with van der Waals surface area (Å²) >= 11 is 0. The molecule has 198 valence electrons. The number of pyridine rings is 2. The van der Waals surface area contributed by atoms with E-state index in [1.165, 1.54) is 18.2 Å². The van der Waals surface area contributed by atoms with Gasteiger partial charge in [-0.1, -0.05) is 37.3 Å². The van der Waals surface area contributed by atoms with Crippen LogP contribution in [0.25, 0.3) is 11.3 Å². The van der Waals surface area contributed by atoms with Crippen molar-refractivity contribution in [3.63, 3.8) is 0 Å². The molecule has 0 saturated heterocycles. The number of halogens is 3. The Hall–Kier alpha value is -3.67. The molecule has 0 aliphatic carbocycles. The van der Waals surface area contributed by atoms with Crippen LogP contribution in [0.5, 0.6) is 0 Å². The predicted molar refractivity (Wildman–Crippen MR) is 134 cm³/mol. The van der Waals surface area contributed by atoms with Crippen LogP contribution in [0.1, 0.15) is 37.3 Å². The fourth-order valence-electron chi connectivity index (χ4n) is 3.74. The molecular formula is C25H27F3N4O4S. The summed E-state index contributed by atoms with van der Waals surface area (Å²) in [5.41, 5.74) is -0.595. The SMILES string of the molecule is CCCN(CCCC(=O)O)c1cccc(S(=O)(=O)Nc2ccc(C(F)(F)F)c(-c3ccccc3C)n2)n1. The van der Waals surface area contributed by atoms with Gasteiger partial charge in [0.05, 0.1) is 11.3 Å². The lowest BCUT2D eigenvalue weighted by atomic mass is 10.0. The second-order valence-corrected chi connectivity index (χ2v) is 9.96. The molecule has 0 aliphatic rings. The summed E-state index contributed by atoms with van der Waals surface area (Å²) in [6.07, 6.45) is -3.66. The number of sulfonamides is 1. The third-order valence-corrected chi connectivity index (χ3v) is 6.72. The smallest absolute Gasteiger partial charge is 0.418 e. The number of carboxylic acid groups (broad SMARTS) is 1. The van der Waals surface area contributed by atoms with Gasteiger partial charge in [0.1, 0.15) is 11.6 Å². The number of carboxylic acids is 1. The summed E-state index contributed by atoms with van der Waals surface area (Å²) in [6, 6.07) is 12.5. The van der Waals surface area contributed by atoms with Crippen LogP contribution in [0.2, 0.25) is 0 Å². The number of nitrogens with zero attached hydrogens (tertiary/aromatic N) is 3. The van der Waals surface area contributed by atoms with Gasteiger partial charge in [-0.2, -0.15) is 21.6 Å². The number of hydrogen-bond acceptors (Lipinski definition) is 6. The lowest BCUT2D eigenvalue weighted by Crippen LogP contribution is -2.27. The van der Waals surface area contributed by atoms with Crippen LogP contribution in [0, 0.1) is 6.92 Å². The molecule has 0 spiro atoms. The van der Waals surface area contributed by atoms with Gasteiger partial charge in [0, 0.05) is 25.1 Å². The molecule has 37 heavy (non-hydrogen) atoms. The van der Waals surface area contributed by atoms with Crippen LogP contribution in [-0.4, -0.2) is 42.6 Å². The van der Waals surface area contributed by atoms with E-state index >= 15 is 0 Å². The highest BCUT2D eigenvalue weighted by atomic mass is 32.2. The van der Waals surface area contributed by atoms with E-state index in [-0.39, 0.29) is 28.5 Å². The van der Waals surface area contributed by atoms with Crippen LogP contribution in [0.4, 0.5) is 24.8 Å². The van der Waals surface area contributed by atoms with Crippen molar-refractivity contribution < 1.29 is 31.5 Å². The van der Waals surface area contributed by atoms with Crippen molar-refractivity contribution >= 4 is 27.6 Å².